The molecule has 1 fully saturated rings. The zero-order valence-electron chi connectivity index (χ0n) is 17.5. The van der Waals surface area contributed by atoms with Crippen molar-refractivity contribution >= 4 is 17.2 Å². The van der Waals surface area contributed by atoms with Crippen molar-refractivity contribution in [1.82, 2.24) is 9.97 Å². The van der Waals surface area contributed by atoms with Gasteiger partial charge in [0.05, 0.1) is 11.4 Å². The highest BCUT2D eigenvalue weighted by Crippen LogP contribution is 2.27. The topological polar surface area (TPSA) is 98.1 Å². The maximum Gasteiger partial charge on any atom is 0.187 e. The Hall–Kier alpha value is -3.32. The van der Waals surface area contributed by atoms with Crippen molar-refractivity contribution in [1.29, 1.82) is 0 Å². The highest BCUT2D eigenvalue weighted by atomic mass is 19.1. The second kappa shape index (κ2) is 8.81. The molecule has 1 saturated heterocycles. The van der Waals surface area contributed by atoms with Gasteiger partial charge in [0.25, 0.3) is 0 Å². The molecule has 1 aliphatic heterocycles. The van der Waals surface area contributed by atoms with E-state index in [9.17, 15) is 9.18 Å². The molecular weight excluding hydrogens is 393 g/mol. The fraction of sp³-hybridized carbons (Fsp3) is 0.292. The van der Waals surface area contributed by atoms with E-state index in [1.165, 1.54) is 6.07 Å². The summed E-state index contributed by atoms with van der Waals surface area (Å²) >= 11 is 0. The number of nitrogens with two attached hydrogens (primary N) is 2. The SMILES string of the molecule is Cc1ccc(F)c(-c2ccc(N)c(C(=O)Cc3cnccc3N3CCC[C@H](N)C3)n2)c1. The Morgan fingerprint density at radius 1 is 1.26 bits per heavy atom. The number of carbonyl (C=O) groups excluding carboxylic acids is 1. The van der Waals surface area contributed by atoms with Crippen LogP contribution in [0.2, 0.25) is 0 Å². The van der Waals surface area contributed by atoms with E-state index in [-0.39, 0.29) is 29.6 Å². The number of nitrogens with zero attached hydrogens (tertiary/aromatic N) is 3. The zero-order chi connectivity index (χ0) is 22.0. The monoisotopic (exact) mass is 419 g/mol. The predicted octanol–water partition coefficient (Wildman–Crippen LogP) is 3.53. The highest BCUT2D eigenvalue weighted by molar-refractivity contribution is 6.01. The summed E-state index contributed by atoms with van der Waals surface area (Å²) in [5.41, 5.74) is 16.0. The molecule has 3 heterocycles. The third kappa shape index (κ3) is 4.56. The van der Waals surface area contributed by atoms with E-state index in [0.717, 1.165) is 42.7 Å². The van der Waals surface area contributed by atoms with Crippen LogP contribution >= 0.6 is 0 Å². The van der Waals surface area contributed by atoms with Crippen LogP contribution in [-0.4, -0.2) is 34.9 Å². The molecule has 31 heavy (non-hydrogen) atoms. The van der Waals surface area contributed by atoms with E-state index in [1.807, 2.05) is 13.0 Å². The zero-order valence-corrected chi connectivity index (χ0v) is 17.5. The number of pyridine rings is 2. The molecule has 6 nitrogen and oxygen atoms in total. The Morgan fingerprint density at radius 3 is 2.90 bits per heavy atom. The number of benzene rings is 1. The Morgan fingerprint density at radius 2 is 2.10 bits per heavy atom. The van der Waals surface area contributed by atoms with E-state index in [4.69, 9.17) is 11.5 Å². The number of anilines is 2. The van der Waals surface area contributed by atoms with Gasteiger partial charge in [-0.25, -0.2) is 9.37 Å². The number of rotatable bonds is 5. The van der Waals surface area contributed by atoms with Gasteiger partial charge in [0.1, 0.15) is 11.5 Å². The van der Waals surface area contributed by atoms with Gasteiger partial charge in [-0.1, -0.05) is 11.6 Å². The fourth-order valence-corrected chi connectivity index (χ4v) is 4.03. The summed E-state index contributed by atoms with van der Waals surface area (Å²) in [5, 5.41) is 0. The molecule has 1 atom stereocenters. The van der Waals surface area contributed by atoms with E-state index < -0.39 is 5.82 Å². The molecule has 0 unspecified atom stereocenters. The van der Waals surface area contributed by atoms with E-state index >= 15 is 0 Å². The molecular formula is C24H26FN5O. The maximum absolute atomic E-state index is 14.3. The smallest absolute Gasteiger partial charge is 0.187 e. The Kier molecular flexibility index (Phi) is 5.95. The number of aryl methyl sites for hydroxylation is 1. The van der Waals surface area contributed by atoms with Crippen molar-refractivity contribution in [2.75, 3.05) is 23.7 Å². The number of hydrogen-bond donors (Lipinski definition) is 2. The van der Waals surface area contributed by atoms with Crippen LogP contribution in [0.1, 0.15) is 34.5 Å². The maximum atomic E-state index is 14.3. The summed E-state index contributed by atoms with van der Waals surface area (Å²) in [6, 6.07) is 10.1. The number of hydrogen-bond acceptors (Lipinski definition) is 6. The van der Waals surface area contributed by atoms with Crippen LogP contribution in [0.5, 0.6) is 0 Å². The minimum absolute atomic E-state index is 0.103. The Labute approximate surface area is 181 Å². The largest absolute Gasteiger partial charge is 0.397 e. The number of nitrogen functional groups attached to an aromatic ring is 1. The van der Waals surface area contributed by atoms with Crippen LogP contribution in [0.25, 0.3) is 11.3 Å². The van der Waals surface area contributed by atoms with Crippen molar-refractivity contribution in [3.05, 3.63) is 71.4 Å². The predicted molar refractivity (Wildman–Crippen MR) is 120 cm³/mol. The molecule has 0 bridgehead atoms. The molecule has 0 radical (unpaired) electrons. The molecule has 1 aromatic carbocycles. The van der Waals surface area contributed by atoms with Crippen molar-refractivity contribution in [2.45, 2.75) is 32.2 Å². The summed E-state index contributed by atoms with van der Waals surface area (Å²) in [7, 11) is 0. The van der Waals surface area contributed by atoms with E-state index in [1.54, 1.807) is 36.7 Å². The summed E-state index contributed by atoms with van der Waals surface area (Å²) in [6.07, 6.45) is 5.53. The lowest BCUT2D eigenvalue weighted by molar-refractivity contribution is 0.0989. The molecule has 160 valence electrons. The molecule has 4 N–H and O–H groups in total. The van der Waals surface area contributed by atoms with Gasteiger partial charge in [-0.3, -0.25) is 9.78 Å². The minimum Gasteiger partial charge on any atom is -0.397 e. The van der Waals surface area contributed by atoms with Crippen molar-refractivity contribution in [3.8, 4) is 11.3 Å². The number of piperidine rings is 1. The van der Waals surface area contributed by atoms with Crippen LogP contribution in [0, 0.1) is 12.7 Å². The number of ketones is 1. The van der Waals surface area contributed by atoms with Gasteiger partial charge in [-0.2, -0.15) is 0 Å². The number of aromatic nitrogens is 2. The first kappa shape index (κ1) is 20.9. The van der Waals surface area contributed by atoms with Gasteiger partial charge in [0.15, 0.2) is 5.78 Å². The summed E-state index contributed by atoms with van der Waals surface area (Å²) in [5.74, 6) is -0.625. The number of Topliss-reactive ketones (excluding diaryl/α,β-unsaturated/α-hetero) is 1. The van der Waals surface area contributed by atoms with Gasteiger partial charge in [-0.15, -0.1) is 0 Å². The van der Waals surface area contributed by atoms with Crippen LogP contribution in [0.4, 0.5) is 15.8 Å². The lowest BCUT2D eigenvalue weighted by Crippen LogP contribution is -2.43. The molecule has 1 aliphatic rings. The van der Waals surface area contributed by atoms with Gasteiger partial charge >= 0.3 is 0 Å². The third-order valence-electron chi connectivity index (χ3n) is 5.62. The van der Waals surface area contributed by atoms with E-state index in [0.29, 0.717) is 11.3 Å². The summed E-state index contributed by atoms with van der Waals surface area (Å²) in [6.45, 7) is 3.51. The standard InChI is InChI=1S/C24H26FN5O/c1-15-4-5-19(25)18(11-15)21-7-6-20(27)24(29-21)23(31)12-16-13-28-9-8-22(16)30-10-2-3-17(26)14-30/h4-9,11,13,17H,2-3,10,12,14,26-27H2,1H3/t17-/m0/s1. The lowest BCUT2D eigenvalue weighted by Gasteiger charge is -2.33. The van der Waals surface area contributed by atoms with Crippen molar-refractivity contribution < 1.29 is 9.18 Å². The van der Waals surface area contributed by atoms with Gasteiger partial charge in [0.2, 0.25) is 0 Å². The van der Waals surface area contributed by atoms with Gasteiger partial charge in [0, 0.05) is 54.8 Å². The van der Waals surface area contributed by atoms with Crippen molar-refractivity contribution in [3.63, 3.8) is 0 Å². The number of carbonyl (C=O) groups is 1. The third-order valence-corrected chi connectivity index (χ3v) is 5.62. The highest BCUT2D eigenvalue weighted by Gasteiger charge is 2.22. The Balaban J connectivity index is 1.63. The van der Waals surface area contributed by atoms with Gasteiger partial charge < -0.3 is 16.4 Å². The van der Waals surface area contributed by atoms with Crippen LogP contribution in [-0.2, 0) is 6.42 Å². The fourth-order valence-electron chi connectivity index (χ4n) is 4.03. The molecule has 4 rings (SSSR count). The first-order chi connectivity index (χ1) is 14.9. The summed E-state index contributed by atoms with van der Waals surface area (Å²) < 4.78 is 14.3. The quantitative estimate of drug-likeness (QED) is 0.614. The second-order valence-corrected chi connectivity index (χ2v) is 8.07. The molecule has 0 spiro atoms. The second-order valence-electron chi connectivity index (χ2n) is 8.07. The molecule has 7 heteroatoms. The molecule has 0 saturated carbocycles. The minimum atomic E-state index is -0.391. The van der Waals surface area contributed by atoms with Crippen LogP contribution in [0.3, 0.4) is 0 Å². The van der Waals surface area contributed by atoms with Crippen LogP contribution < -0.4 is 16.4 Å². The van der Waals surface area contributed by atoms with E-state index in [2.05, 4.69) is 14.9 Å². The van der Waals surface area contributed by atoms with Crippen LogP contribution in [0.15, 0.2) is 48.8 Å². The van der Waals surface area contributed by atoms with Gasteiger partial charge in [-0.05, 0) is 50.1 Å². The number of halogens is 1. The van der Waals surface area contributed by atoms with Crippen molar-refractivity contribution in [2.24, 2.45) is 5.73 Å². The molecule has 2 aromatic heterocycles. The molecule has 0 amide bonds. The first-order valence-corrected chi connectivity index (χ1v) is 10.4. The average Bonchev–Trinajstić information content (AvgIpc) is 2.76. The normalized spacial score (nSPS) is 16.4. The molecule has 3 aromatic rings. The molecule has 0 aliphatic carbocycles. The summed E-state index contributed by atoms with van der Waals surface area (Å²) in [4.78, 5) is 24.0. The average molecular weight is 420 g/mol. The lowest BCUT2D eigenvalue weighted by atomic mass is 10.0. The Bertz CT molecular complexity index is 1120. The first-order valence-electron chi connectivity index (χ1n) is 10.4.